The van der Waals surface area contributed by atoms with E-state index >= 15 is 0 Å². The first-order valence-corrected chi connectivity index (χ1v) is 5.52. The first-order chi connectivity index (χ1) is 5.84. The van der Waals surface area contributed by atoms with E-state index in [1.165, 1.54) is 11.8 Å². The van der Waals surface area contributed by atoms with E-state index in [4.69, 9.17) is 4.42 Å². The number of hydrogen-bond acceptors (Lipinski definition) is 5. The molecule has 2 heterocycles. The molecule has 0 amide bonds. The first-order valence-electron chi connectivity index (χ1n) is 3.03. The Morgan fingerprint density at radius 1 is 1.58 bits per heavy atom. The zero-order valence-electron chi connectivity index (χ0n) is 5.73. The molecule has 0 fully saturated rings. The minimum absolute atomic E-state index is 0.622. The highest BCUT2D eigenvalue weighted by Gasteiger charge is 2.04. The van der Waals surface area contributed by atoms with Gasteiger partial charge < -0.3 is 4.42 Å². The zero-order chi connectivity index (χ0) is 8.39. The Morgan fingerprint density at radius 3 is 3.08 bits per heavy atom. The lowest BCUT2D eigenvalue weighted by Gasteiger charge is -1.86. The van der Waals surface area contributed by atoms with Crippen LogP contribution in [0.4, 0.5) is 0 Å². The van der Waals surface area contributed by atoms with E-state index in [0.29, 0.717) is 5.22 Å². The van der Waals surface area contributed by atoms with Crippen molar-refractivity contribution in [3.05, 3.63) is 22.4 Å². The number of nitrogens with zero attached hydrogens (tertiary/aromatic N) is 2. The second-order valence-corrected chi connectivity index (χ2v) is 4.71. The third-order valence-corrected chi connectivity index (χ3v) is 3.56. The SMILES string of the molecule is Brc1csc(Sc2ncco2)n1. The van der Waals surface area contributed by atoms with Gasteiger partial charge in [0, 0.05) is 17.1 Å². The highest BCUT2D eigenvalue weighted by Crippen LogP contribution is 2.30. The van der Waals surface area contributed by atoms with Crippen LogP contribution < -0.4 is 0 Å². The molecule has 0 atom stereocenters. The van der Waals surface area contributed by atoms with Crippen molar-refractivity contribution in [2.24, 2.45) is 0 Å². The van der Waals surface area contributed by atoms with Crippen LogP contribution in [0.5, 0.6) is 0 Å². The molecule has 6 heteroatoms. The van der Waals surface area contributed by atoms with Crippen molar-refractivity contribution in [3.8, 4) is 0 Å². The van der Waals surface area contributed by atoms with Crippen LogP contribution in [0, 0.1) is 0 Å². The summed E-state index contributed by atoms with van der Waals surface area (Å²) < 4.78 is 6.82. The summed E-state index contributed by atoms with van der Waals surface area (Å²) in [5.41, 5.74) is 0. The Hall–Kier alpha value is -0.330. The summed E-state index contributed by atoms with van der Waals surface area (Å²) in [4.78, 5) is 8.15. The fourth-order valence-corrected chi connectivity index (χ4v) is 2.78. The van der Waals surface area contributed by atoms with Gasteiger partial charge >= 0.3 is 0 Å². The van der Waals surface area contributed by atoms with E-state index in [-0.39, 0.29) is 0 Å². The maximum absolute atomic E-state index is 5.05. The number of aromatic nitrogens is 2. The molecule has 0 aromatic carbocycles. The van der Waals surface area contributed by atoms with Crippen LogP contribution in [0.25, 0.3) is 0 Å². The van der Waals surface area contributed by atoms with Crippen molar-refractivity contribution in [2.75, 3.05) is 0 Å². The summed E-state index contributed by atoms with van der Waals surface area (Å²) >= 11 is 6.24. The van der Waals surface area contributed by atoms with Crippen LogP contribution in [0.1, 0.15) is 0 Å². The molecule has 0 spiro atoms. The van der Waals surface area contributed by atoms with Gasteiger partial charge in [0.25, 0.3) is 5.22 Å². The average Bonchev–Trinajstić information content (AvgIpc) is 2.63. The molecule has 0 bridgehead atoms. The lowest BCUT2D eigenvalue weighted by molar-refractivity contribution is 0.454. The molecule has 0 saturated carbocycles. The monoisotopic (exact) mass is 262 g/mol. The first kappa shape index (κ1) is 8.28. The van der Waals surface area contributed by atoms with E-state index in [1.54, 1.807) is 23.8 Å². The summed E-state index contributed by atoms with van der Waals surface area (Å²) in [6, 6.07) is 0. The Labute approximate surface area is 85.4 Å². The van der Waals surface area contributed by atoms with Gasteiger partial charge in [0.15, 0.2) is 4.34 Å². The standard InChI is InChI=1S/C6H3BrN2OS2/c7-4-3-11-6(9-4)12-5-8-1-2-10-5/h1-3H. The van der Waals surface area contributed by atoms with Gasteiger partial charge in [0.1, 0.15) is 10.9 Å². The average molecular weight is 263 g/mol. The van der Waals surface area contributed by atoms with Crippen LogP contribution in [0.2, 0.25) is 0 Å². The maximum atomic E-state index is 5.05. The quantitative estimate of drug-likeness (QED) is 0.834. The molecule has 0 aliphatic rings. The fourth-order valence-electron chi connectivity index (χ4n) is 0.621. The molecule has 0 saturated heterocycles. The summed E-state index contributed by atoms with van der Waals surface area (Å²) in [5.74, 6) is 0. The van der Waals surface area contributed by atoms with Crippen molar-refractivity contribution >= 4 is 39.0 Å². The lowest BCUT2D eigenvalue weighted by Crippen LogP contribution is -1.69. The van der Waals surface area contributed by atoms with E-state index in [2.05, 4.69) is 25.9 Å². The van der Waals surface area contributed by atoms with Gasteiger partial charge in [-0.25, -0.2) is 9.97 Å². The van der Waals surface area contributed by atoms with Gasteiger partial charge in [0.2, 0.25) is 0 Å². The predicted molar refractivity (Wildman–Crippen MR) is 50.4 cm³/mol. The smallest absolute Gasteiger partial charge is 0.262 e. The van der Waals surface area contributed by atoms with Gasteiger partial charge in [-0.3, -0.25) is 0 Å². The molecule has 2 rings (SSSR count). The minimum Gasteiger partial charge on any atom is -0.440 e. The van der Waals surface area contributed by atoms with Crippen molar-refractivity contribution < 1.29 is 4.42 Å². The fraction of sp³-hybridized carbons (Fsp3) is 0. The summed E-state index contributed by atoms with van der Waals surface area (Å²) in [5, 5.41) is 2.54. The number of rotatable bonds is 2. The van der Waals surface area contributed by atoms with E-state index in [9.17, 15) is 0 Å². The highest BCUT2D eigenvalue weighted by molar-refractivity contribution is 9.10. The Kier molecular flexibility index (Phi) is 2.48. The largest absolute Gasteiger partial charge is 0.440 e. The number of hydrogen-bond donors (Lipinski definition) is 0. The van der Waals surface area contributed by atoms with E-state index < -0.39 is 0 Å². The highest BCUT2D eigenvalue weighted by atomic mass is 79.9. The predicted octanol–water partition coefficient (Wildman–Crippen LogP) is 3.04. The Bertz CT molecular complexity index is 359. The van der Waals surface area contributed by atoms with Gasteiger partial charge in [-0.15, -0.1) is 11.3 Å². The van der Waals surface area contributed by atoms with Gasteiger partial charge in [-0.05, 0) is 15.9 Å². The normalized spacial score (nSPS) is 10.4. The Morgan fingerprint density at radius 2 is 2.50 bits per heavy atom. The third-order valence-electron chi connectivity index (χ3n) is 1.04. The lowest BCUT2D eigenvalue weighted by atomic mass is 11.0. The molecular formula is C6H3BrN2OS2. The van der Waals surface area contributed by atoms with Gasteiger partial charge in [-0.2, -0.15) is 0 Å². The molecule has 0 unspecified atom stereocenters. The van der Waals surface area contributed by atoms with Crippen molar-refractivity contribution in [3.63, 3.8) is 0 Å². The molecule has 0 radical (unpaired) electrons. The van der Waals surface area contributed by atoms with E-state index in [1.807, 2.05) is 5.38 Å². The molecule has 0 N–H and O–H groups in total. The van der Waals surface area contributed by atoms with Crippen LogP contribution in [0.15, 0.2) is 36.4 Å². The molecular weight excluding hydrogens is 260 g/mol. The van der Waals surface area contributed by atoms with Crippen molar-refractivity contribution in [1.82, 2.24) is 9.97 Å². The van der Waals surface area contributed by atoms with Crippen LogP contribution in [0.3, 0.4) is 0 Å². The zero-order valence-corrected chi connectivity index (χ0v) is 8.95. The van der Waals surface area contributed by atoms with E-state index in [0.717, 1.165) is 8.94 Å². The summed E-state index contributed by atoms with van der Waals surface area (Å²) in [6.45, 7) is 0. The third kappa shape index (κ3) is 1.88. The van der Waals surface area contributed by atoms with Gasteiger partial charge in [0.05, 0.1) is 6.20 Å². The molecule has 2 aromatic rings. The second kappa shape index (κ2) is 3.59. The van der Waals surface area contributed by atoms with Gasteiger partial charge in [-0.1, -0.05) is 0 Å². The molecule has 0 aliphatic carbocycles. The summed E-state index contributed by atoms with van der Waals surface area (Å²) in [7, 11) is 0. The molecule has 2 aromatic heterocycles. The number of thiazole rings is 1. The van der Waals surface area contributed by atoms with Crippen LogP contribution >= 0.6 is 39.0 Å². The minimum atomic E-state index is 0.622. The molecule has 12 heavy (non-hydrogen) atoms. The van der Waals surface area contributed by atoms with Crippen LogP contribution in [-0.2, 0) is 0 Å². The van der Waals surface area contributed by atoms with Crippen molar-refractivity contribution in [1.29, 1.82) is 0 Å². The Balaban J connectivity index is 2.14. The number of oxazole rings is 1. The molecule has 0 aliphatic heterocycles. The molecule has 62 valence electrons. The summed E-state index contributed by atoms with van der Waals surface area (Å²) in [6.07, 6.45) is 3.16. The second-order valence-electron chi connectivity index (χ2n) is 1.84. The van der Waals surface area contributed by atoms with Crippen molar-refractivity contribution in [2.45, 2.75) is 9.56 Å². The molecule has 3 nitrogen and oxygen atoms in total. The number of halogens is 1. The topological polar surface area (TPSA) is 38.9 Å². The van der Waals surface area contributed by atoms with Crippen LogP contribution in [-0.4, -0.2) is 9.97 Å². The maximum Gasteiger partial charge on any atom is 0.262 e.